The van der Waals surface area contributed by atoms with Gasteiger partial charge < -0.3 is 19.7 Å². The van der Waals surface area contributed by atoms with Crippen LogP contribution in [0.25, 0.3) is 0 Å². The molecule has 0 fully saturated rings. The Hall–Kier alpha value is -1.63. The smallest absolute Gasteiger partial charge is 0.349 e. The van der Waals surface area contributed by atoms with E-state index in [4.69, 9.17) is 9.47 Å². The van der Waals surface area contributed by atoms with E-state index in [1.165, 1.54) is 0 Å². The summed E-state index contributed by atoms with van der Waals surface area (Å²) in [6, 6.07) is 0. The topological polar surface area (TPSA) is 110 Å². The van der Waals surface area contributed by atoms with Gasteiger partial charge in [-0.2, -0.15) is 0 Å². The van der Waals surface area contributed by atoms with Crippen LogP contribution in [0.1, 0.15) is 82.1 Å². The maximum absolute atomic E-state index is 12.6. The van der Waals surface area contributed by atoms with Crippen molar-refractivity contribution in [1.82, 2.24) is 0 Å². The van der Waals surface area contributed by atoms with E-state index >= 15 is 0 Å². The summed E-state index contributed by atoms with van der Waals surface area (Å²) >= 11 is 0. The molecule has 0 amide bonds. The Labute approximate surface area is 175 Å². The number of rotatable bonds is 9. The average molecular weight is 417 g/mol. The van der Waals surface area contributed by atoms with E-state index in [1.807, 2.05) is 41.5 Å². The molecule has 170 valence electrons. The van der Waals surface area contributed by atoms with Crippen LogP contribution in [0.4, 0.5) is 0 Å². The van der Waals surface area contributed by atoms with Crippen LogP contribution in [-0.4, -0.2) is 46.9 Å². The van der Waals surface area contributed by atoms with Crippen molar-refractivity contribution < 1.29 is 34.1 Å². The lowest BCUT2D eigenvalue weighted by Crippen LogP contribution is -2.47. The number of hydrogen-bond acceptors (Lipinski definition) is 6. The molecule has 7 heteroatoms. The quantitative estimate of drug-likeness (QED) is 0.550. The number of carbonyl (C=O) groups excluding carboxylic acids is 2. The van der Waals surface area contributed by atoms with Crippen molar-refractivity contribution in [3.05, 3.63) is 0 Å². The second kappa shape index (κ2) is 9.45. The molecule has 2 unspecified atom stereocenters. The zero-order chi connectivity index (χ0) is 23.4. The first-order valence-corrected chi connectivity index (χ1v) is 9.98. The molecule has 29 heavy (non-hydrogen) atoms. The fourth-order valence-corrected chi connectivity index (χ4v) is 3.85. The monoisotopic (exact) mass is 416 g/mol. The van der Waals surface area contributed by atoms with Crippen LogP contribution in [0, 0.1) is 21.7 Å². The lowest BCUT2D eigenvalue weighted by atomic mass is 9.76. The summed E-state index contributed by atoms with van der Waals surface area (Å²) in [6.45, 7) is 17.8. The van der Waals surface area contributed by atoms with Crippen LogP contribution >= 0.6 is 0 Å². The van der Waals surface area contributed by atoms with Gasteiger partial charge in [0.05, 0.1) is 17.4 Å². The van der Waals surface area contributed by atoms with Crippen LogP contribution in [0.2, 0.25) is 0 Å². The number of carbonyl (C=O) groups is 3. The second-order valence-electron chi connectivity index (χ2n) is 11.5. The van der Waals surface area contributed by atoms with E-state index < -0.39 is 47.6 Å². The van der Waals surface area contributed by atoms with Crippen molar-refractivity contribution in [2.45, 2.75) is 94.3 Å². The summed E-state index contributed by atoms with van der Waals surface area (Å²) in [4.78, 5) is 37.0. The SMILES string of the molecule is CC(C)(C)CC(C)(C)C(=O)OC(CO)C(OC(=O)C(C)(C)CC(C)(C)C)C(=O)O. The second-order valence-corrected chi connectivity index (χ2v) is 11.5. The Morgan fingerprint density at radius 2 is 1.07 bits per heavy atom. The zero-order valence-electron chi connectivity index (χ0n) is 19.7. The molecule has 2 atom stereocenters. The van der Waals surface area contributed by atoms with Crippen LogP contribution < -0.4 is 0 Å². The van der Waals surface area contributed by atoms with E-state index in [2.05, 4.69) is 0 Å². The summed E-state index contributed by atoms with van der Waals surface area (Å²) in [5.41, 5.74) is -2.18. The van der Waals surface area contributed by atoms with Gasteiger partial charge in [0.25, 0.3) is 0 Å². The average Bonchev–Trinajstić information content (AvgIpc) is 2.44. The molecule has 0 spiro atoms. The minimum atomic E-state index is -1.79. The van der Waals surface area contributed by atoms with Gasteiger partial charge in [-0.1, -0.05) is 41.5 Å². The Morgan fingerprint density at radius 1 is 0.724 bits per heavy atom. The van der Waals surface area contributed by atoms with Gasteiger partial charge in [-0.25, -0.2) is 4.79 Å². The zero-order valence-corrected chi connectivity index (χ0v) is 19.7. The fraction of sp³-hybridized carbons (Fsp3) is 0.864. The summed E-state index contributed by atoms with van der Waals surface area (Å²) in [5, 5.41) is 19.2. The number of carboxylic acids is 1. The molecular weight excluding hydrogens is 376 g/mol. The summed E-state index contributed by atoms with van der Waals surface area (Å²) in [7, 11) is 0. The van der Waals surface area contributed by atoms with Crippen molar-refractivity contribution in [3.8, 4) is 0 Å². The van der Waals surface area contributed by atoms with Crippen LogP contribution in [0.15, 0.2) is 0 Å². The predicted octanol–water partition coefficient (Wildman–Crippen LogP) is 3.81. The van der Waals surface area contributed by atoms with E-state index in [1.54, 1.807) is 27.7 Å². The highest BCUT2D eigenvalue weighted by Gasteiger charge is 2.43. The van der Waals surface area contributed by atoms with Gasteiger partial charge in [-0.15, -0.1) is 0 Å². The number of esters is 2. The molecule has 0 aliphatic carbocycles. The van der Waals surface area contributed by atoms with Gasteiger partial charge in [0, 0.05) is 0 Å². The highest BCUT2D eigenvalue weighted by Crippen LogP contribution is 2.36. The van der Waals surface area contributed by atoms with Crippen molar-refractivity contribution in [3.63, 3.8) is 0 Å². The van der Waals surface area contributed by atoms with E-state index in [-0.39, 0.29) is 10.8 Å². The lowest BCUT2D eigenvalue weighted by molar-refractivity contribution is -0.191. The van der Waals surface area contributed by atoms with Crippen LogP contribution in [-0.2, 0) is 23.9 Å². The number of carboxylic acid groups (broad SMARTS) is 1. The highest BCUT2D eigenvalue weighted by atomic mass is 16.6. The number of aliphatic hydroxyl groups excluding tert-OH is 1. The molecule has 0 aromatic rings. The first-order chi connectivity index (χ1) is 12.7. The molecule has 0 aromatic heterocycles. The third-order valence-electron chi connectivity index (χ3n) is 4.30. The van der Waals surface area contributed by atoms with Gasteiger partial charge in [0.2, 0.25) is 6.10 Å². The first-order valence-electron chi connectivity index (χ1n) is 9.98. The molecule has 0 aromatic carbocycles. The molecule has 0 aliphatic heterocycles. The summed E-state index contributed by atoms with van der Waals surface area (Å²) in [5.74, 6) is -2.85. The first kappa shape index (κ1) is 27.4. The minimum Gasteiger partial charge on any atom is -0.478 e. The lowest BCUT2D eigenvalue weighted by Gasteiger charge is -2.34. The van der Waals surface area contributed by atoms with Crippen LogP contribution in [0.5, 0.6) is 0 Å². The van der Waals surface area contributed by atoms with Crippen molar-refractivity contribution >= 4 is 17.9 Å². The van der Waals surface area contributed by atoms with Crippen molar-refractivity contribution in [2.75, 3.05) is 6.61 Å². The fourth-order valence-electron chi connectivity index (χ4n) is 3.85. The van der Waals surface area contributed by atoms with Crippen LogP contribution in [0.3, 0.4) is 0 Å². The van der Waals surface area contributed by atoms with Crippen molar-refractivity contribution in [2.24, 2.45) is 21.7 Å². The van der Waals surface area contributed by atoms with Gasteiger partial charge in [-0.05, 0) is 51.4 Å². The molecule has 0 heterocycles. The summed E-state index contributed by atoms with van der Waals surface area (Å²) < 4.78 is 10.5. The van der Waals surface area contributed by atoms with E-state index in [0.29, 0.717) is 12.8 Å². The maximum atomic E-state index is 12.6. The van der Waals surface area contributed by atoms with Gasteiger partial charge in [-0.3, -0.25) is 9.59 Å². The van der Waals surface area contributed by atoms with Gasteiger partial charge >= 0.3 is 17.9 Å². The molecule has 0 saturated carbocycles. The Balaban J connectivity index is 5.46. The molecule has 0 bridgehead atoms. The largest absolute Gasteiger partial charge is 0.478 e. The third kappa shape index (κ3) is 9.61. The number of aliphatic carboxylic acids is 1. The maximum Gasteiger partial charge on any atom is 0.349 e. The standard InChI is InChI=1S/C22H40O7/c1-19(2,3)12-21(7,8)17(26)28-14(11-23)15(16(24)25)29-18(27)22(9,10)13-20(4,5)6/h14-15,23H,11-13H2,1-10H3,(H,24,25). The molecule has 0 rings (SSSR count). The molecule has 0 saturated heterocycles. The van der Waals surface area contributed by atoms with E-state index in [9.17, 15) is 24.6 Å². The number of aliphatic hydroxyl groups is 1. The molecule has 7 nitrogen and oxygen atoms in total. The minimum absolute atomic E-state index is 0.160. The summed E-state index contributed by atoms with van der Waals surface area (Å²) in [6.07, 6.45) is -2.32. The predicted molar refractivity (Wildman–Crippen MR) is 110 cm³/mol. The Morgan fingerprint density at radius 3 is 1.34 bits per heavy atom. The number of ether oxygens (including phenoxy) is 2. The highest BCUT2D eigenvalue weighted by molar-refractivity contribution is 5.82. The van der Waals surface area contributed by atoms with E-state index in [0.717, 1.165) is 0 Å². The molecule has 2 N–H and O–H groups in total. The van der Waals surface area contributed by atoms with Gasteiger partial charge in [0.1, 0.15) is 0 Å². The molecule has 0 radical (unpaired) electrons. The Bertz CT molecular complexity index is 591. The molecule has 0 aliphatic rings. The van der Waals surface area contributed by atoms with Crippen molar-refractivity contribution in [1.29, 1.82) is 0 Å². The molecular formula is C22H40O7. The Kier molecular flexibility index (Phi) is 8.92. The normalized spacial score (nSPS) is 15.4. The third-order valence-corrected chi connectivity index (χ3v) is 4.30. The van der Waals surface area contributed by atoms with Gasteiger partial charge in [0.15, 0.2) is 6.10 Å². The number of hydrogen-bond donors (Lipinski definition) is 2.